The number of amides is 1. The molecule has 1 unspecified atom stereocenters. The second-order valence-electron chi connectivity index (χ2n) is 3.81. The molecule has 1 amide bonds. The fourth-order valence-corrected chi connectivity index (χ4v) is 2.06. The van der Waals surface area contributed by atoms with E-state index in [1.54, 1.807) is 4.90 Å². The Morgan fingerprint density at radius 2 is 2.25 bits per heavy atom. The van der Waals surface area contributed by atoms with Crippen molar-refractivity contribution in [1.29, 1.82) is 0 Å². The normalized spacial score (nSPS) is 12.2. The highest BCUT2D eigenvalue weighted by atomic mass is 127. The Kier molecular flexibility index (Phi) is 5.75. The second kappa shape index (κ2) is 6.59. The predicted octanol–water partition coefficient (Wildman–Crippen LogP) is 3.54. The van der Waals surface area contributed by atoms with Gasteiger partial charge in [0.25, 0.3) is 5.91 Å². The molecule has 0 aliphatic carbocycles. The molecule has 0 saturated heterocycles. The summed E-state index contributed by atoms with van der Waals surface area (Å²) >= 11 is 5.70. The van der Waals surface area contributed by atoms with Crippen LogP contribution in [0.15, 0.2) is 24.3 Å². The van der Waals surface area contributed by atoms with Crippen molar-refractivity contribution < 1.29 is 4.79 Å². The lowest BCUT2D eigenvalue weighted by Crippen LogP contribution is -2.28. The van der Waals surface area contributed by atoms with Crippen LogP contribution in [0.5, 0.6) is 0 Å². The number of hydrogen-bond acceptors (Lipinski definition) is 1. The van der Waals surface area contributed by atoms with Gasteiger partial charge in [0.05, 0.1) is 0 Å². The van der Waals surface area contributed by atoms with Gasteiger partial charge >= 0.3 is 0 Å². The summed E-state index contributed by atoms with van der Waals surface area (Å²) in [5.41, 5.74) is 0.761. The zero-order chi connectivity index (χ0) is 12.1. The van der Waals surface area contributed by atoms with Crippen molar-refractivity contribution in [2.45, 2.75) is 18.2 Å². The van der Waals surface area contributed by atoms with Crippen LogP contribution in [-0.4, -0.2) is 29.2 Å². The molecule has 0 aromatic heterocycles. The van der Waals surface area contributed by atoms with Gasteiger partial charge in [-0.1, -0.05) is 28.9 Å². The maximum atomic E-state index is 12.0. The Bertz CT molecular complexity index is 368. The average molecular weight is 396 g/mol. The van der Waals surface area contributed by atoms with Gasteiger partial charge in [-0.15, -0.1) is 0 Å². The molecule has 4 heteroatoms. The highest BCUT2D eigenvalue weighted by Crippen LogP contribution is 2.11. The largest absolute Gasteiger partial charge is 0.342 e. The first-order valence-corrected chi connectivity index (χ1v) is 7.15. The monoisotopic (exact) mass is 395 g/mol. The van der Waals surface area contributed by atoms with Crippen LogP contribution >= 0.6 is 38.5 Å². The minimum atomic E-state index is 0.0895. The van der Waals surface area contributed by atoms with Gasteiger partial charge < -0.3 is 4.90 Å². The number of hydrogen-bond donors (Lipinski definition) is 0. The van der Waals surface area contributed by atoms with E-state index in [9.17, 15) is 4.79 Å². The van der Waals surface area contributed by atoms with Crippen molar-refractivity contribution in [1.82, 2.24) is 4.90 Å². The topological polar surface area (TPSA) is 20.3 Å². The van der Waals surface area contributed by atoms with Crippen LogP contribution in [0, 0.1) is 3.57 Å². The molecule has 16 heavy (non-hydrogen) atoms. The van der Waals surface area contributed by atoms with Gasteiger partial charge in [0.15, 0.2) is 0 Å². The van der Waals surface area contributed by atoms with Crippen molar-refractivity contribution in [2.75, 3.05) is 13.6 Å². The lowest BCUT2D eigenvalue weighted by molar-refractivity contribution is 0.0794. The molecule has 0 N–H and O–H groups in total. The first-order chi connectivity index (χ1) is 7.50. The van der Waals surface area contributed by atoms with Gasteiger partial charge in [0, 0.05) is 27.6 Å². The molecule has 0 radical (unpaired) electrons. The second-order valence-corrected chi connectivity index (χ2v) is 6.62. The fourth-order valence-electron chi connectivity index (χ4n) is 1.31. The summed E-state index contributed by atoms with van der Waals surface area (Å²) in [6.45, 7) is 2.86. The van der Waals surface area contributed by atoms with E-state index in [-0.39, 0.29) is 5.91 Å². The number of benzene rings is 1. The lowest BCUT2D eigenvalue weighted by atomic mass is 10.2. The molecule has 0 spiro atoms. The van der Waals surface area contributed by atoms with E-state index < -0.39 is 0 Å². The summed E-state index contributed by atoms with van der Waals surface area (Å²) in [6.07, 6.45) is 0.964. The molecule has 1 rings (SSSR count). The molecule has 0 aliphatic heterocycles. The molecule has 0 saturated carbocycles. The number of carbonyl (C=O) groups is 1. The highest BCUT2D eigenvalue weighted by molar-refractivity contribution is 14.1. The molecule has 0 aliphatic rings. The first-order valence-electron chi connectivity index (χ1n) is 5.16. The van der Waals surface area contributed by atoms with Crippen molar-refractivity contribution >= 4 is 44.4 Å². The van der Waals surface area contributed by atoms with E-state index in [0.717, 1.165) is 22.1 Å². The van der Waals surface area contributed by atoms with Gasteiger partial charge in [0.1, 0.15) is 0 Å². The van der Waals surface area contributed by atoms with Crippen LogP contribution < -0.4 is 0 Å². The molecule has 0 heterocycles. The molecular formula is C12H15BrINO. The molecule has 0 bridgehead atoms. The predicted molar refractivity (Wildman–Crippen MR) is 79.1 cm³/mol. The van der Waals surface area contributed by atoms with Crippen LogP contribution in [0.2, 0.25) is 0 Å². The highest BCUT2D eigenvalue weighted by Gasteiger charge is 2.11. The summed E-state index contributed by atoms with van der Waals surface area (Å²) < 4.78 is 1.09. The maximum Gasteiger partial charge on any atom is 0.253 e. The summed E-state index contributed by atoms with van der Waals surface area (Å²) in [5.74, 6) is 0.0895. The van der Waals surface area contributed by atoms with Gasteiger partial charge in [0.2, 0.25) is 0 Å². The minimum Gasteiger partial charge on any atom is -0.342 e. The van der Waals surface area contributed by atoms with E-state index in [2.05, 4.69) is 45.4 Å². The maximum absolute atomic E-state index is 12.0. The Balaban J connectivity index is 2.63. The van der Waals surface area contributed by atoms with Crippen LogP contribution in [0.4, 0.5) is 0 Å². The third-order valence-corrected chi connectivity index (χ3v) is 3.41. The van der Waals surface area contributed by atoms with Crippen molar-refractivity contribution in [2.24, 2.45) is 0 Å². The van der Waals surface area contributed by atoms with Crippen molar-refractivity contribution in [3.8, 4) is 0 Å². The van der Waals surface area contributed by atoms with E-state index in [4.69, 9.17) is 0 Å². The van der Waals surface area contributed by atoms with Gasteiger partial charge in [-0.25, -0.2) is 0 Å². The summed E-state index contributed by atoms with van der Waals surface area (Å²) in [7, 11) is 1.84. The van der Waals surface area contributed by atoms with E-state index in [1.165, 1.54) is 0 Å². The quantitative estimate of drug-likeness (QED) is 0.564. The van der Waals surface area contributed by atoms with E-state index in [0.29, 0.717) is 4.83 Å². The van der Waals surface area contributed by atoms with Crippen LogP contribution in [0.1, 0.15) is 23.7 Å². The number of alkyl halides is 1. The third kappa shape index (κ3) is 4.41. The standard InChI is InChI=1S/C12H15BrINO/c1-9(13)6-7-15(2)12(16)10-4-3-5-11(14)8-10/h3-5,8-9H,6-7H2,1-2H3. The van der Waals surface area contributed by atoms with Crippen LogP contribution in [0.25, 0.3) is 0 Å². The smallest absolute Gasteiger partial charge is 0.253 e. The SMILES string of the molecule is CC(Br)CCN(C)C(=O)c1cccc(I)c1. The Labute approximate surface area is 119 Å². The van der Waals surface area contributed by atoms with Crippen LogP contribution in [-0.2, 0) is 0 Å². The number of halogens is 2. The molecule has 0 fully saturated rings. The van der Waals surface area contributed by atoms with Crippen molar-refractivity contribution in [3.05, 3.63) is 33.4 Å². The zero-order valence-electron chi connectivity index (χ0n) is 9.41. The number of carbonyl (C=O) groups excluding carboxylic acids is 1. The molecule has 1 aromatic rings. The minimum absolute atomic E-state index is 0.0895. The molecule has 2 nitrogen and oxygen atoms in total. The summed E-state index contributed by atoms with van der Waals surface area (Å²) in [4.78, 5) is 14.2. The van der Waals surface area contributed by atoms with Crippen LogP contribution in [0.3, 0.4) is 0 Å². The van der Waals surface area contributed by atoms with E-state index >= 15 is 0 Å². The lowest BCUT2D eigenvalue weighted by Gasteiger charge is -2.18. The Hall–Kier alpha value is -0.100. The van der Waals surface area contributed by atoms with Crippen molar-refractivity contribution in [3.63, 3.8) is 0 Å². The number of rotatable bonds is 4. The average Bonchev–Trinajstić information content (AvgIpc) is 2.24. The summed E-state index contributed by atoms with van der Waals surface area (Å²) in [5, 5.41) is 0. The van der Waals surface area contributed by atoms with Gasteiger partial charge in [-0.05, 0) is 47.2 Å². The molecule has 1 aromatic carbocycles. The fraction of sp³-hybridized carbons (Fsp3) is 0.417. The van der Waals surface area contributed by atoms with Gasteiger partial charge in [-0.2, -0.15) is 0 Å². The van der Waals surface area contributed by atoms with E-state index in [1.807, 2.05) is 31.3 Å². The summed E-state index contributed by atoms with van der Waals surface area (Å²) in [6, 6.07) is 7.67. The Morgan fingerprint density at radius 1 is 1.56 bits per heavy atom. The first kappa shape index (κ1) is 14.0. The van der Waals surface area contributed by atoms with Gasteiger partial charge in [-0.3, -0.25) is 4.79 Å². The number of nitrogens with zero attached hydrogens (tertiary/aromatic N) is 1. The molecule has 88 valence electrons. The molecule has 1 atom stereocenters. The Morgan fingerprint density at radius 3 is 2.81 bits per heavy atom. The molecular weight excluding hydrogens is 381 g/mol. The third-order valence-electron chi connectivity index (χ3n) is 2.28. The zero-order valence-corrected chi connectivity index (χ0v) is 13.2.